The van der Waals surface area contributed by atoms with Crippen molar-refractivity contribution in [2.24, 2.45) is 0 Å². The highest BCUT2D eigenvalue weighted by molar-refractivity contribution is 7.07. The number of carbonyl (C=O) groups excluding carboxylic acids is 2. The van der Waals surface area contributed by atoms with Crippen molar-refractivity contribution in [3.63, 3.8) is 0 Å². The molecule has 1 aromatic rings. The summed E-state index contributed by atoms with van der Waals surface area (Å²) in [7, 11) is 0. The van der Waals surface area contributed by atoms with Crippen LogP contribution >= 0.6 is 11.5 Å². The molecule has 0 aromatic carbocycles. The summed E-state index contributed by atoms with van der Waals surface area (Å²) in [5, 5.41) is 3.89. The predicted molar refractivity (Wildman–Crippen MR) is 85.3 cm³/mol. The maximum Gasteiger partial charge on any atom is 0.267 e. The van der Waals surface area contributed by atoms with Gasteiger partial charge in [-0.05, 0) is 31.3 Å². The first kappa shape index (κ1) is 16.3. The molecule has 0 radical (unpaired) electrons. The van der Waals surface area contributed by atoms with Gasteiger partial charge >= 0.3 is 0 Å². The van der Waals surface area contributed by atoms with Gasteiger partial charge in [-0.25, -0.2) is 0 Å². The normalized spacial score (nSPS) is 22.7. The zero-order chi connectivity index (χ0) is 16.2. The Balaban J connectivity index is 1.64. The molecule has 0 bridgehead atoms. The summed E-state index contributed by atoms with van der Waals surface area (Å²) in [6, 6.07) is 0. The molecular formula is C15H22N4O3S. The van der Waals surface area contributed by atoms with Gasteiger partial charge in [0, 0.05) is 19.6 Å². The Morgan fingerprint density at radius 3 is 2.52 bits per heavy atom. The summed E-state index contributed by atoms with van der Waals surface area (Å²) in [4.78, 5) is 29.4. The number of amides is 2. The largest absolute Gasteiger partial charge is 0.365 e. The lowest BCUT2D eigenvalue weighted by Gasteiger charge is -2.34. The number of ether oxygens (including phenoxy) is 1. The Labute approximate surface area is 139 Å². The minimum absolute atomic E-state index is 0.0172. The van der Waals surface area contributed by atoms with Crippen LogP contribution in [0.4, 0.5) is 0 Å². The van der Waals surface area contributed by atoms with E-state index in [1.54, 1.807) is 11.8 Å². The highest BCUT2D eigenvalue weighted by Gasteiger charge is 2.33. The van der Waals surface area contributed by atoms with E-state index < -0.39 is 6.10 Å². The van der Waals surface area contributed by atoms with Crippen molar-refractivity contribution < 1.29 is 14.3 Å². The zero-order valence-electron chi connectivity index (χ0n) is 13.4. The third kappa shape index (κ3) is 3.69. The van der Waals surface area contributed by atoms with Gasteiger partial charge in [-0.15, -0.1) is 5.10 Å². The number of hydrogen-bond donors (Lipinski definition) is 0. The van der Waals surface area contributed by atoms with Gasteiger partial charge in [0.15, 0.2) is 6.10 Å². The van der Waals surface area contributed by atoms with Crippen molar-refractivity contribution in [2.75, 3.05) is 32.8 Å². The molecule has 2 amide bonds. The minimum atomic E-state index is -0.549. The molecule has 2 fully saturated rings. The molecule has 1 unspecified atom stereocenters. The topological polar surface area (TPSA) is 75.6 Å². The monoisotopic (exact) mass is 338 g/mol. The van der Waals surface area contributed by atoms with Crippen LogP contribution < -0.4 is 0 Å². The Kier molecular flexibility index (Phi) is 5.22. The third-order valence-corrected chi connectivity index (χ3v) is 5.21. The van der Waals surface area contributed by atoms with Crippen LogP contribution in [0, 0.1) is 6.92 Å². The number of carbonyl (C=O) groups is 2. The number of morpholine rings is 1. The molecule has 0 spiro atoms. The highest BCUT2D eigenvalue weighted by atomic mass is 32.1. The zero-order valence-corrected chi connectivity index (χ0v) is 14.2. The van der Waals surface area contributed by atoms with Crippen molar-refractivity contribution in [3.05, 3.63) is 10.6 Å². The van der Waals surface area contributed by atoms with E-state index in [-0.39, 0.29) is 11.8 Å². The summed E-state index contributed by atoms with van der Waals surface area (Å²) < 4.78 is 9.46. The van der Waals surface area contributed by atoms with Crippen LogP contribution in [-0.4, -0.2) is 70.1 Å². The predicted octanol–water partition coefficient (Wildman–Crippen LogP) is 1.09. The quantitative estimate of drug-likeness (QED) is 0.807. The number of rotatable bonds is 2. The SMILES string of the molecule is Cc1nnsc1C(=O)N1CCOC(C(=O)N2CCCCCC2)C1. The number of hydrogen-bond acceptors (Lipinski definition) is 6. The molecular weight excluding hydrogens is 316 g/mol. The van der Waals surface area contributed by atoms with E-state index in [1.165, 1.54) is 12.8 Å². The van der Waals surface area contributed by atoms with Crippen LogP contribution in [0.3, 0.4) is 0 Å². The number of likely N-dealkylation sites (tertiary alicyclic amines) is 1. The molecule has 0 N–H and O–H groups in total. The Morgan fingerprint density at radius 1 is 1.13 bits per heavy atom. The lowest BCUT2D eigenvalue weighted by Crippen LogP contribution is -2.52. The molecule has 1 aromatic heterocycles. The van der Waals surface area contributed by atoms with Gasteiger partial charge < -0.3 is 14.5 Å². The van der Waals surface area contributed by atoms with Crippen molar-refractivity contribution in [1.29, 1.82) is 0 Å². The lowest BCUT2D eigenvalue weighted by molar-refractivity contribution is -0.148. The fourth-order valence-corrected chi connectivity index (χ4v) is 3.67. The molecule has 0 saturated carbocycles. The van der Waals surface area contributed by atoms with Gasteiger partial charge in [-0.1, -0.05) is 17.3 Å². The molecule has 7 nitrogen and oxygen atoms in total. The lowest BCUT2D eigenvalue weighted by atomic mass is 10.2. The van der Waals surface area contributed by atoms with Gasteiger partial charge in [-0.2, -0.15) is 0 Å². The smallest absolute Gasteiger partial charge is 0.267 e. The average molecular weight is 338 g/mol. The fraction of sp³-hybridized carbons (Fsp3) is 0.733. The second kappa shape index (κ2) is 7.35. The van der Waals surface area contributed by atoms with E-state index in [1.807, 2.05) is 4.90 Å². The first-order chi connectivity index (χ1) is 11.2. The van der Waals surface area contributed by atoms with Gasteiger partial charge in [0.2, 0.25) is 0 Å². The molecule has 2 saturated heterocycles. The first-order valence-electron chi connectivity index (χ1n) is 8.15. The summed E-state index contributed by atoms with van der Waals surface area (Å²) >= 11 is 1.10. The highest BCUT2D eigenvalue weighted by Crippen LogP contribution is 2.18. The van der Waals surface area contributed by atoms with Crippen molar-refractivity contribution in [1.82, 2.24) is 19.4 Å². The average Bonchev–Trinajstić information content (AvgIpc) is 2.84. The van der Waals surface area contributed by atoms with E-state index in [4.69, 9.17) is 4.74 Å². The summed E-state index contributed by atoms with van der Waals surface area (Å²) in [5.41, 5.74) is 0.641. The van der Waals surface area contributed by atoms with Crippen molar-refractivity contribution >= 4 is 23.3 Å². The molecule has 0 aliphatic carbocycles. The van der Waals surface area contributed by atoms with E-state index >= 15 is 0 Å². The number of aromatic nitrogens is 2. The second-order valence-electron chi connectivity index (χ2n) is 6.04. The van der Waals surface area contributed by atoms with E-state index in [0.717, 1.165) is 37.5 Å². The maximum absolute atomic E-state index is 12.7. The van der Waals surface area contributed by atoms with Crippen LogP contribution in [0.2, 0.25) is 0 Å². The van der Waals surface area contributed by atoms with Gasteiger partial charge in [0.25, 0.3) is 11.8 Å². The van der Waals surface area contributed by atoms with Crippen LogP contribution in [-0.2, 0) is 9.53 Å². The van der Waals surface area contributed by atoms with Crippen LogP contribution in [0.15, 0.2) is 0 Å². The standard InChI is InChI=1S/C15H22N4O3S/c1-11-13(23-17-16-11)15(21)19-8-9-22-12(10-19)14(20)18-6-4-2-3-5-7-18/h12H,2-10H2,1H3. The van der Waals surface area contributed by atoms with Gasteiger partial charge in [0.1, 0.15) is 4.88 Å². The van der Waals surface area contributed by atoms with E-state index in [9.17, 15) is 9.59 Å². The number of aryl methyl sites for hydroxylation is 1. The van der Waals surface area contributed by atoms with Crippen molar-refractivity contribution in [3.8, 4) is 0 Å². The molecule has 126 valence electrons. The summed E-state index contributed by atoms with van der Waals surface area (Å²) in [6.07, 6.45) is 3.90. The maximum atomic E-state index is 12.7. The first-order valence-corrected chi connectivity index (χ1v) is 8.93. The van der Waals surface area contributed by atoms with Crippen LogP contribution in [0.25, 0.3) is 0 Å². The van der Waals surface area contributed by atoms with Gasteiger partial charge in [0.05, 0.1) is 18.8 Å². The Hall–Kier alpha value is -1.54. The molecule has 23 heavy (non-hydrogen) atoms. The molecule has 1 atom stereocenters. The van der Waals surface area contributed by atoms with E-state index in [0.29, 0.717) is 30.3 Å². The fourth-order valence-electron chi connectivity index (χ4n) is 3.05. The Morgan fingerprint density at radius 2 is 1.87 bits per heavy atom. The van der Waals surface area contributed by atoms with Crippen LogP contribution in [0.5, 0.6) is 0 Å². The number of nitrogens with zero attached hydrogens (tertiary/aromatic N) is 4. The molecule has 3 rings (SSSR count). The molecule has 3 heterocycles. The minimum Gasteiger partial charge on any atom is -0.365 e. The molecule has 2 aliphatic heterocycles. The summed E-state index contributed by atoms with van der Waals surface area (Å²) in [6.45, 7) is 4.57. The Bertz CT molecular complexity index is 569. The molecule has 2 aliphatic rings. The molecule has 8 heteroatoms. The third-order valence-electron chi connectivity index (χ3n) is 4.39. The van der Waals surface area contributed by atoms with Crippen molar-refractivity contribution in [2.45, 2.75) is 38.7 Å². The second-order valence-corrected chi connectivity index (χ2v) is 6.79. The van der Waals surface area contributed by atoms with Gasteiger partial charge in [-0.3, -0.25) is 9.59 Å². The van der Waals surface area contributed by atoms with E-state index in [2.05, 4.69) is 9.59 Å². The van der Waals surface area contributed by atoms with Crippen LogP contribution in [0.1, 0.15) is 41.0 Å². The summed E-state index contributed by atoms with van der Waals surface area (Å²) in [5.74, 6) is -0.0852.